The van der Waals surface area contributed by atoms with Crippen LogP contribution in [-0.4, -0.2) is 29.3 Å². The Kier molecular flexibility index (Phi) is 4.17. The van der Waals surface area contributed by atoms with E-state index in [4.69, 9.17) is 5.11 Å². The fraction of sp³-hybridized carbons (Fsp3) is 0.500. The highest BCUT2D eigenvalue weighted by molar-refractivity contribution is 5.85. The molecule has 14 heavy (non-hydrogen) atoms. The quantitative estimate of drug-likeness (QED) is 0.810. The van der Waals surface area contributed by atoms with Crippen LogP contribution in [0.3, 0.4) is 0 Å². The van der Waals surface area contributed by atoms with E-state index in [1.54, 1.807) is 6.20 Å². The number of rotatable bonds is 2. The maximum Gasteiger partial charge on any atom is 0.128 e. The number of aliphatic hydroxyl groups is 1. The first-order valence-corrected chi connectivity index (χ1v) is 4.70. The number of nitrogens with zero attached hydrogens (tertiary/aromatic N) is 2. The zero-order chi connectivity index (χ0) is 9.10. The van der Waals surface area contributed by atoms with Gasteiger partial charge in [0.1, 0.15) is 5.82 Å². The molecule has 3 nitrogen and oxygen atoms in total. The van der Waals surface area contributed by atoms with Crippen molar-refractivity contribution in [2.45, 2.75) is 18.9 Å². The largest absolute Gasteiger partial charge is 0.394 e. The van der Waals surface area contributed by atoms with E-state index in [0.717, 1.165) is 25.2 Å². The lowest BCUT2D eigenvalue weighted by atomic mass is 10.2. The summed E-state index contributed by atoms with van der Waals surface area (Å²) in [5.41, 5.74) is 0. The second-order valence-electron chi connectivity index (χ2n) is 3.36. The third-order valence-electron chi connectivity index (χ3n) is 2.53. The molecule has 78 valence electrons. The number of halogens is 1. The lowest BCUT2D eigenvalue weighted by Gasteiger charge is -2.23. The Morgan fingerprint density at radius 2 is 2.36 bits per heavy atom. The van der Waals surface area contributed by atoms with Crippen molar-refractivity contribution in [1.82, 2.24) is 4.98 Å². The lowest BCUT2D eigenvalue weighted by molar-refractivity contribution is 0.266. The van der Waals surface area contributed by atoms with E-state index in [-0.39, 0.29) is 25.1 Å². The van der Waals surface area contributed by atoms with Gasteiger partial charge in [-0.2, -0.15) is 0 Å². The SMILES string of the molecule is Cl.OCC1CCCN1c1ccccn1. The molecule has 1 fully saturated rings. The molecule has 0 radical (unpaired) electrons. The van der Waals surface area contributed by atoms with Crippen LogP contribution in [0, 0.1) is 0 Å². The van der Waals surface area contributed by atoms with Crippen LogP contribution in [0.25, 0.3) is 0 Å². The van der Waals surface area contributed by atoms with Gasteiger partial charge in [0.25, 0.3) is 0 Å². The van der Waals surface area contributed by atoms with Crippen molar-refractivity contribution in [2.75, 3.05) is 18.1 Å². The third kappa shape index (κ3) is 2.16. The molecule has 1 atom stereocenters. The van der Waals surface area contributed by atoms with Crippen molar-refractivity contribution >= 4 is 18.2 Å². The topological polar surface area (TPSA) is 36.4 Å². The summed E-state index contributed by atoms with van der Waals surface area (Å²) in [6.07, 6.45) is 4.02. The van der Waals surface area contributed by atoms with Gasteiger partial charge >= 0.3 is 0 Å². The summed E-state index contributed by atoms with van der Waals surface area (Å²) in [6, 6.07) is 6.16. The number of aliphatic hydroxyl groups excluding tert-OH is 1. The molecule has 0 bridgehead atoms. The van der Waals surface area contributed by atoms with Gasteiger partial charge in [0.2, 0.25) is 0 Å². The third-order valence-corrected chi connectivity index (χ3v) is 2.53. The average molecular weight is 215 g/mol. The summed E-state index contributed by atoms with van der Waals surface area (Å²) in [5.74, 6) is 0.985. The summed E-state index contributed by atoms with van der Waals surface area (Å²) in [4.78, 5) is 6.45. The van der Waals surface area contributed by atoms with E-state index in [2.05, 4.69) is 9.88 Å². The summed E-state index contributed by atoms with van der Waals surface area (Å²) in [7, 11) is 0. The van der Waals surface area contributed by atoms with Crippen LogP contribution < -0.4 is 4.90 Å². The van der Waals surface area contributed by atoms with Crippen molar-refractivity contribution in [3.8, 4) is 0 Å². The van der Waals surface area contributed by atoms with Gasteiger partial charge in [-0.15, -0.1) is 12.4 Å². The summed E-state index contributed by atoms with van der Waals surface area (Å²) < 4.78 is 0. The van der Waals surface area contributed by atoms with Gasteiger partial charge in [-0.05, 0) is 25.0 Å². The molecular weight excluding hydrogens is 200 g/mol. The van der Waals surface area contributed by atoms with Crippen LogP contribution in [0.2, 0.25) is 0 Å². The Morgan fingerprint density at radius 1 is 1.50 bits per heavy atom. The summed E-state index contributed by atoms with van der Waals surface area (Å²) in [6.45, 7) is 1.25. The highest BCUT2D eigenvalue weighted by Gasteiger charge is 2.24. The molecular formula is C10H15ClN2O. The predicted molar refractivity (Wildman–Crippen MR) is 58.9 cm³/mol. The monoisotopic (exact) mass is 214 g/mol. The summed E-state index contributed by atoms with van der Waals surface area (Å²) >= 11 is 0. The zero-order valence-electron chi connectivity index (χ0n) is 7.97. The van der Waals surface area contributed by atoms with Crippen LogP contribution in [0.5, 0.6) is 0 Å². The van der Waals surface area contributed by atoms with E-state index < -0.39 is 0 Å². The van der Waals surface area contributed by atoms with E-state index in [0.29, 0.717) is 0 Å². The molecule has 0 amide bonds. The molecule has 1 saturated heterocycles. The molecule has 0 spiro atoms. The minimum absolute atomic E-state index is 0. The molecule has 2 rings (SSSR count). The van der Waals surface area contributed by atoms with Crippen molar-refractivity contribution < 1.29 is 5.11 Å². The molecule has 1 N–H and O–H groups in total. The maximum atomic E-state index is 9.13. The Bertz CT molecular complexity index is 268. The van der Waals surface area contributed by atoms with Gasteiger partial charge in [-0.25, -0.2) is 4.98 Å². The van der Waals surface area contributed by atoms with Gasteiger partial charge in [0.05, 0.1) is 12.6 Å². The van der Waals surface area contributed by atoms with Crippen molar-refractivity contribution in [3.63, 3.8) is 0 Å². The van der Waals surface area contributed by atoms with Crippen molar-refractivity contribution in [1.29, 1.82) is 0 Å². The molecule has 0 saturated carbocycles. The summed E-state index contributed by atoms with van der Waals surface area (Å²) in [5, 5.41) is 9.13. The average Bonchev–Trinajstić information content (AvgIpc) is 2.67. The number of anilines is 1. The maximum absolute atomic E-state index is 9.13. The normalized spacial score (nSPS) is 20.6. The van der Waals surface area contributed by atoms with Gasteiger partial charge in [0.15, 0.2) is 0 Å². The number of pyridine rings is 1. The molecule has 1 aromatic heterocycles. The number of hydrogen-bond acceptors (Lipinski definition) is 3. The first kappa shape index (κ1) is 11.3. The van der Waals surface area contributed by atoms with Gasteiger partial charge < -0.3 is 10.0 Å². The van der Waals surface area contributed by atoms with E-state index in [1.165, 1.54) is 0 Å². The number of hydrogen-bond donors (Lipinski definition) is 1. The lowest BCUT2D eigenvalue weighted by Crippen LogP contribution is -2.32. The van der Waals surface area contributed by atoms with Gasteiger partial charge in [-0.1, -0.05) is 6.07 Å². The minimum Gasteiger partial charge on any atom is -0.394 e. The van der Waals surface area contributed by atoms with Crippen LogP contribution in [0.15, 0.2) is 24.4 Å². The molecule has 0 aliphatic carbocycles. The predicted octanol–water partition coefficient (Wildman–Crippen LogP) is 1.46. The highest BCUT2D eigenvalue weighted by atomic mass is 35.5. The van der Waals surface area contributed by atoms with Crippen LogP contribution in [0.4, 0.5) is 5.82 Å². The molecule has 4 heteroatoms. The Balaban J connectivity index is 0.000000980. The first-order chi connectivity index (χ1) is 6.42. The Morgan fingerprint density at radius 3 is 3.00 bits per heavy atom. The number of aromatic nitrogens is 1. The van der Waals surface area contributed by atoms with Crippen molar-refractivity contribution in [2.24, 2.45) is 0 Å². The van der Waals surface area contributed by atoms with Crippen molar-refractivity contribution in [3.05, 3.63) is 24.4 Å². The standard InChI is InChI=1S/C10H14N2O.ClH/c13-8-9-4-3-7-12(9)10-5-1-2-6-11-10;/h1-2,5-6,9,13H,3-4,7-8H2;1H. The molecule has 1 aromatic rings. The zero-order valence-corrected chi connectivity index (χ0v) is 8.78. The van der Waals surface area contributed by atoms with Crippen LogP contribution in [-0.2, 0) is 0 Å². The smallest absolute Gasteiger partial charge is 0.128 e. The second-order valence-corrected chi connectivity index (χ2v) is 3.36. The molecule has 1 aliphatic rings. The molecule has 1 unspecified atom stereocenters. The van der Waals surface area contributed by atoms with E-state index in [9.17, 15) is 0 Å². The molecule has 1 aliphatic heterocycles. The molecule has 0 aromatic carbocycles. The minimum atomic E-state index is 0. The Labute approximate surface area is 90.2 Å². The first-order valence-electron chi connectivity index (χ1n) is 4.70. The van der Waals surface area contributed by atoms with E-state index >= 15 is 0 Å². The fourth-order valence-electron chi connectivity index (χ4n) is 1.85. The second kappa shape index (κ2) is 5.17. The highest BCUT2D eigenvalue weighted by Crippen LogP contribution is 2.22. The Hall–Kier alpha value is -0.800. The van der Waals surface area contributed by atoms with Gasteiger partial charge in [0, 0.05) is 12.7 Å². The van der Waals surface area contributed by atoms with Crippen LogP contribution in [0.1, 0.15) is 12.8 Å². The van der Waals surface area contributed by atoms with Crippen LogP contribution >= 0.6 is 12.4 Å². The fourth-order valence-corrected chi connectivity index (χ4v) is 1.85. The van der Waals surface area contributed by atoms with E-state index in [1.807, 2.05) is 18.2 Å². The molecule has 2 heterocycles. The van der Waals surface area contributed by atoms with Gasteiger partial charge in [-0.3, -0.25) is 0 Å².